The Labute approximate surface area is 211 Å². The maximum Gasteiger partial charge on any atom is 0.416 e. The van der Waals surface area contributed by atoms with E-state index in [1.165, 1.54) is 17.9 Å². The number of nitrogens with zero attached hydrogens (tertiary/aromatic N) is 5. The molecule has 0 spiro atoms. The van der Waals surface area contributed by atoms with Crippen molar-refractivity contribution < 1.29 is 27.5 Å². The number of nitrogens with two attached hydrogens (primary N) is 2. The van der Waals surface area contributed by atoms with Gasteiger partial charge in [0.1, 0.15) is 17.3 Å². The number of alkyl halides is 3. The number of nitriles is 1. The number of piperazine rings is 1. The summed E-state index contributed by atoms with van der Waals surface area (Å²) in [5.74, 6) is -2.22. The lowest BCUT2D eigenvalue weighted by atomic mass is 9.92. The van der Waals surface area contributed by atoms with Crippen LogP contribution in [0.3, 0.4) is 0 Å². The van der Waals surface area contributed by atoms with Crippen molar-refractivity contribution in [3.8, 4) is 11.9 Å². The van der Waals surface area contributed by atoms with E-state index in [4.69, 9.17) is 16.2 Å². The molecule has 1 aliphatic rings. The Kier molecular flexibility index (Phi) is 7.77. The number of primary amides is 1. The number of hydrogen-bond donors (Lipinski definition) is 3. The monoisotopic (exact) mass is 520 g/mol. The fourth-order valence-electron chi connectivity index (χ4n) is 3.87. The van der Waals surface area contributed by atoms with E-state index in [-0.39, 0.29) is 40.9 Å². The number of hydrogen-bond acceptors (Lipinski definition) is 9. The van der Waals surface area contributed by atoms with Gasteiger partial charge in [-0.1, -0.05) is 0 Å². The standard InChI is InChI=1S/C23H27F3N8O3/c1-4-37-18-16(12-27)17(30-21(29)31-18)22(2,20(28)36)32-15-10-13(9-14(11-15)23(24,25)26)19(35)34-7-5-33(3)6-8-34/h9-11,32H,4-8H2,1-3H3,(H2,28,36)(H2,29,30,31)/t22-/m1/s1. The van der Waals surface area contributed by atoms with Crippen LogP contribution >= 0.6 is 0 Å². The normalized spacial score (nSPS) is 16.0. The number of nitrogens with one attached hydrogen (secondary N) is 1. The quantitative estimate of drug-likeness (QED) is 0.491. The number of halogens is 3. The van der Waals surface area contributed by atoms with Gasteiger partial charge in [-0.2, -0.15) is 23.4 Å². The van der Waals surface area contributed by atoms with Gasteiger partial charge in [-0.15, -0.1) is 0 Å². The molecule has 3 rings (SSSR count). The van der Waals surface area contributed by atoms with Crippen LogP contribution < -0.4 is 21.5 Å². The molecule has 1 fully saturated rings. The number of rotatable bonds is 7. The van der Waals surface area contributed by atoms with Gasteiger partial charge in [0, 0.05) is 37.4 Å². The fourth-order valence-corrected chi connectivity index (χ4v) is 3.87. The number of carbonyl (C=O) groups excluding carboxylic acids is 2. The van der Waals surface area contributed by atoms with Gasteiger partial charge in [-0.25, -0.2) is 4.98 Å². The highest BCUT2D eigenvalue weighted by Crippen LogP contribution is 2.36. The molecular formula is C23H27F3N8O3. The smallest absolute Gasteiger partial charge is 0.416 e. The van der Waals surface area contributed by atoms with Crippen LogP contribution in [0.2, 0.25) is 0 Å². The first kappa shape index (κ1) is 27.5. The summed E-state index contributed by atoms with van der Waals surface area (Å²) < 4.78 is 46.7. The van der Waals surface area contributed by atoms with Gasteiger partial charge in [0.05, 0.1) is 12.2 Å². The van der Waals surface area contributed by atoms with Crippen LogP contribution in [0.4, 0.5) is 24.8 Å². The number of anilines is 2. The Morgan fingerprint density at radius 2 is 1.84 bits per heavy atom. The average molecular weight is 521 g/mol. The van der Waals surface area contributed by atoms with Crippen LogP contribution in [0.15, 0.2) is 18.2 Å². The summed E-state index contributed by atoms with van der Waals surface area (Å²) in [6.45, 7) is 4.81. The number of nitrogen functional groups attached to an aromatic ring is 1. The number of carbonyl (C=O) groups is 2. The molecule has 2 aromatic rings. The lowest BCUT2D eigenvalue weighted by Gasteiger charge is -2.33. The minimum Gasteiger partial charge on any atom is -0.477 e. The SMILES string of the molecule is CCOc1nc(N)nc([C@@](C)(Nc2cc(C(=O)N3CCN(C)CC3)cc(C(F)(F)F)c2)C(N)=O)c1C#N. The third-order valence-corrected chi connectivity index (χ3v) is 5.94. The Balaban J connectivity index is 2.12. The molecule has 198 valence electrons. The minimum atomic E-state index is -4.79. The highest BCUT2D eigenvalue weighted by Gasteiger charge is 2.40. The van der Waals surface area contributed by atoms with Crippen LogP contribution in [-0.2, 0) is 16.5 Å². The second kappa shape index (κ2) is 10.5. The van der Waals surface area contributed by atoms with E-state index in [1.807, 2.05) is 18.0 Å². The predicted molar refractivity (Wildman–Crippen MR) is 127 cm³/mol. The molecule has 0 aliphatic carbocycles. The lowest BCUT2D eigenvalue weighted by molar-refractivity contribution is -0.137. The van der Waals surface area contributed by atoms with Crippen molar-refractivity contribution >= 4 is 23.5 Å². The number of benzene rings is 1. The summed E-state index contributed by atoms with van der Waals surface area (Å²) in [5.41, 5.74) is 7.21. The van der Waals surface area contributed by atoms with Crippen LogP contribution in [0.1, 0.15) is 41.0 Å². The zero-order valence-electron chi connectivity index (χ0n) is 20.5. The molecule has 11 nitrogen and oxygen atoms in total. The van der Waals surface area contributed by atoms with Crippen molar-refractivity contribution in [1.82, 2.24) is 19.8 Å². The summed E-state index contributed by atoms with van der Waals surface area (Å²) in [6, 6.07) is 4.52. The topological polar surface area (TPSA) is 163 Å². The first-order valence-corrected chi connectivity index (χ1v) is 11.3. The molecule has 1 aromatic carbocycles. The van der Waals surface area contributed by atoms with E-state index in [9.17, 15) is 28.0 Å². The Morgan fingerprint density at radius 3 is 2.38 bits per heavy atom. The summed E-state index contributed by atoms with van der Waals surface area (Å²) >= 11 is 0. The molecule has 2 heterocycles. The van der Waals surface area contributed by atoms with Gasteiger partial charge in [0.25, 0.3) is 5.91 Å². The zero-order chi connectivity index (χ0) is 27.5. The molecule has 0 bridgehead atoms. The van der Waals surface area contributed by atoms with Gasteiger partial charge in [-0.3, -0.25) is 9.59 Å². The van der Waals surface area contributed by atoms with Crippen molar-refractivity contribution in [1.29, 1.82) is 5.26 Å². The van der Waals surface area contributed by atoms with E-state index < -0.39 is 29.1 Å². The molecule has 5 N–H and O–H groups in total. The lowest BCUT2D eigenvalue weighted by Crippen LogP contribution is -2.47. The molecule has 14 heteroatoms. The largest absolute Gasteiger partial charge is 0.477 e. The number of ether oxygens (including phenoxy) is 1. The molecular weight excluding hydrogens is 493 g/mol. The molecule has 37 heavy (non-hydrogen) atoms. The first-order valence-electron chi connectivity index (χ1n) is 11.3. The Morgan fingerprint density at radius 1 is 1.19 bits per heavy atom. The van der Waals surface area contributed by atoms with E-state index >= 15 is 0 Å². The van der Waals surface area contributed by atoms with Crippen molar-refractivity contribution in [3.05, 3.63) is 40.6 Å². The third kappa shape index (κ3) is 5.83. The second-order valence-corrected chi connectivity index (χ2v) is 8.66. The van der Waals surface area contributed by atoms with Crippen molar-refractivity contribution in [2.45, 2.75) is 25.6 Å². The van der Waals surface area contributed by atoms with E-state index in [1.54, 1.807) is 6.92 Å². The van der Waals surface area contributed by atoms with E-state index in [0.717, 1.165) is 12.1 Å². The van der Waals surface area contributed by atoms with E-state index in [2.05, 4.69) is 15.3 Å². The molecule has 1 atom stereocenters. The highest BCUT2D eigenvalue weighted by atomic mass is 19.4. The van der Waals surface area contributed by atoms with E-state index in [0.29, 0.717) is 26.2 Å². The van der Waals surface area contributed by atoms with Crippen molar-refractivity contribution in [3.63, 3.8) is 0 Å². The van der Waals surface area contributed by atoms with Gasteiger partial charge in [-0.05, 0) is 39.1 Å². The molecule has 0 radical (unpaired) electrons. The Hall–Kier alpha value is -4.12. The van der Waals surface area contributed by atoms with Crippen LogP contribution in [-0.4, -0.2) is 71.4 Å². The van der Waals surface area contributed by atoms with Crippen LogP contribution in [0.5, 0.6) is 5.88 Å². The molecule has 1 aliphatic heterocycles. The van der Waals surface area contributed by atoms with Crippen molar-refractivity contribution in [2.24, 2.45) is 5.73 Å². The maximum absolute atomic E-state index is 13.8. The zero-order valence-corrected chi connectivity index (χ0v) is 20.5. The van der Waals surface area contributed by atoms with Crippen molar-refractivity contribution in [2.75, 3.05) is 50.9 Å². The number of amides is 2. The third-order valence-electron chi connectivity index (χ3n) is 5.94. The van der Waals surface area contributed by atoms with Crippen LogP contribution in [0.25, 0.3) is 0 Å². The molecule has 0 saturated carbocycles. The van der Waals surface area contributed by atoms with Gasteiger partial charge >= 0.3 is 6.18 Å². The summed E-state index contributed by atoms with van der Waals surface area (Å²) in [5, 5.41) is 12.4. The highest BCUT2D eigenvalue weighted by molar-refractivity contribution is 5.96. The average Bonchev–Trinajstić information content (AvgIpc) is 2.83. The predicted octanol–water partition coefficient (Wildman–Crippen LogP) is 1.55. The maximum atomic E-state index is 13.8. The molecule has 1 aromatic heterocycles. The molecule has 2 amide bonds. The first-order chi connectivity index (χ1) is 17.3. The van der Waals surface area contributed by atoms with Gasteiger partial charge in [0.2, 0.25) is 17.7 Å². The summed E-state index contributed by atoms with van der Waals surface area (Å²) in [6.07, 6.45) is -4.79. The van der Waals surface area contributed by atoms with Gasteiger partial charge < -0.3 is 31.3 Å². The number of likely N-dealkylation sites (N-methyl/N-ethyl adjacent to an activating group) is 1. The fraction of sp³-hybridized carbons (Fsp3) is 0.435. The number of aromatic nitrogens is 2. The van der Waals surface area contributed by atoms with Gasteiger partial charge in [0.15, 0.2) is 5.54 Å². The minimum absolute atomic E-state index is 0.108. The molecule has 1 saturated heterocycles. The summed E-state index contributed by atoms with van der Waals surface area (Å²) in [4.78, 5) is 37.0. The second-order valence-electron chi connectivity index (χ2n) is 8.66. The Bertz CT molecular complexity index is 1240. The molecule has 0 unspecified atom stereocenters. The van der Waals surface area contributed by atoms with Crippen LogP contribution in [0, 0.1) is 11.3 Å². The summed E-state index contributed by atoms with van der Waals surface area (Å²) in [7, 11) is 1.88.